The zero-order chi connectivity index (χ0) is 20.2. The van der Waals surface area contributed by atoms with Crippen molar-refractivity contribution < 1.29 is 14.2 Å². The largest absolute Gasteiger partial charge is 0.494 e. The van der Waals surface area contributed by atoms with Crippen LogP contribution >= 0.6 is 0 Å². The van der Waals surface area contributed by atoms with E-state index in [9.17, 15) is 4.79 Å². The second kappa shape index (κ2) is 8.44. The number of rotatable bonds is 6. The van der Waals surface area contributed by atoms with E-state index in [1.54, 1.807) is 4.68 Å². The lowest BCUT2D eigenvalue weighted by Crippen LogP contribution is -2.15. The van der Waals surface area contributed by atoms with E-state index in [-0.39, 0.29) is 17.5 Å². The molecule has 2 aromatic heterocycles. The topological polar surface area (TPSA) is 104 Å². The van der Waals surface area contributed by atoms with Crippen molar-refractivity contribution in [1.82, 2.24) is 24.7 Å². The van der Waals surface area contributed by atoms with Gasteiger partial charge in [-0.25, -0.2) is 9.67 Å². The number of ether oxygens (including phenoxy) is 3. The van der Waals surface area contributed by atoms with Gasteiger partial charge in [0.1, 0.15) is 11.4 Å². The Morgan fingerprint density at radius 2 is 1.97 bits per heavy atom. The summed E-state index contributed by atoms with van der Waals surface area (Å²) in [7, 11) is 1.45. The Balaban J connectivity index is 1.80. The zero-order valence-corrected chi connectivity index (χ0v) is 16.4. The van der Waals surface area contributed by atoms with E-state index in [0.29, 0.717) is 31.3 Å². The molecule has 0 atom stereocenters. The van der Waals surface area contributed by atoms with Crippen LogP contribution in [0.3, 0.4) is 0 Å². The molecule has 0 unspecified atom stereocenters. The van der Waals surface area contributed by atoms with E-state index < -0.39 is 0 Å². The highest BCUT2D eigenvalue weighted by Crippen LogP contribution is 2.28. The van der Waals surface area contributed by atoms with Gasteiger partial charge in [0.15, 0.2) is 11.6 Å². The van der Waals surface area contributed by atoms with Gasteiger partial charge >= 0.3 is 0 Å². The molecular weight excluding hydrogens is 374 g/mol. The number of hydrogen-bond acceptors (Lipinski definition) is 7. The monoisotopic (exact) mass is 397 g/mol. The third-order valence-electron chi connectivity index (χ3n) is 4.74. The summed E-state index contributed by atoms with van der Waals surface area (Å²) >= 11 is 0. The summed E-state index contributed by atoms with van der Waals surface area (Å²) in [6.07, 6.45) is 1.72. The molecular formula is C20H23N5O4. The number of nitrogens with zero attached hydrogens (tertiary/aromatic N) is 4. The maximum absolute atomic E-state index is 12.1. The van der Waals surface area contributed by atoms with E-state index in [0.717, 1.165) is 30.1 Å². The first-order chi connectivity index (χ1) is 14.2. The van der Waals surface area contributed by atoms with Crippen LogP contribution in [-0.4, -0.2) is 51.7 Å². The Labute approximate surface area is 167 Å². The minimum Gasteiger partial charge on any atom is -0.494 e. The minimum absolute atomic E-state index is 0.126. The molecule has 3 heterocycles. The molecule has 0 aliphatic carbocycles. The molecule has 0 bridgehead atoms. The van der Waals surface area contributed by atoms with E-state index in [1.165, 1.54) is 13.2 Å². The van der Waals surface area contributed by atoms with Gasteiger partial charge in [-0.2, -0.15) is 10.1 Å². The highest BCUT2D eigenvalue weighted by molar-refractivity contribution is 5.54. The number of aromatic amines is 1. The van der Waals surface area contributed by atoms with Crippen LogP contribution < -0.4 is 15.0 Å². The second-order valence-electron chi connectivity index (χ2n) is 6.66. The molecule has 0 radical (unpaired) electrons. The van der Waals surface area contributed by atoms with Crippen molar-refractivity contribution >= 4 is 0 Å². The Kier molecular flexibility index (Phi) is 5.57. The Bertz CT molecular complexity index is 1020. The molecule has 0 amide bonds. The Hall–Kier alpha value is -3.20. The van der Waals surface area contributed by atoms with Crippen LogP contribution in [0.25, 0.3) is 17.2 Å². The maximum atomic E-state index is 12.1. The lowest BCUT2D eigenvalue weighted by molar-refractivity contribution is 0.0836. The zero-order valence-electron chi connectivity index (χ0n) is 16.4. The van der Waals surface area contributed by atoms with Crippen LogP contribution in [-0.2, 0) is 4.74 Å². The van der Waals surface area contributed by atoms with Gasteiger partial charge in [-0.3, -0.25) is 9.78 Å². The molecule has 3 aromatic rings. The van der Waals surface area contributed by atoms with Crippen molar-refractivity contribution in [3.63, 3.8) is 0 Å². The van der Waals surface area contributed by atoms with Gasteiger partial charge in [-0.05, 0) is 44.0 Å². The second-order valence-corrected chi connectivity index (χ2v) is 6.66. The molecule has 4 rings (SSSR count). The number of aromatic nitrogens is 5. The number of methoxy groups -OCH3 is 1. The summed E-state index contributed by atoms with van der Waals surface area (Å²) in [6, 6.07) is 9.09. The van der Waals surface area contributed by atoms with Gasteiger partial charge in [0.25, 0.3) is 11.6 Å². The predicted octanol–water partition coefficient (Wildman–Crippen LogP) is 2.32. The van der Waals surface area contributed by atoms with Gasteiger partial charge in [-0.1, -0.05) is 0 Å². The fourth-order valence-corrected chi connectivity index (χ4v) is 3.30. The van der Waals surface area contributed by atoms with Crippen LogP contribution in [0.5, 0.6) is 11.8 Å². The first-order valence-corrected chi connectivity index (χ1v) is 9.61. The first-order valence-electron chi connectivity index (χ1n) is 9.61. The predicted molar refractivity (Wildman–Crippen MR) is 106 cm³/mol. The highest BCUT2D eigenvalue weighted by Gasteiger charge is 2.24. The first kappa shape index (κ1) is 19.1. The Morgan fingerprint density at radius 1 is 1.21 bits per heavy atom. The van der Waals surface area contributed by atoms with Crippen molar-refractivity contribution in [2.24, 2.45) is 0 Å². The molecule has 1 aliphatic rings. The fourth-order valence-electron chi connectivity index (χ4n) is 3.30. The van der Waals surface area contributed by atoms with Crippen LogP contribution in [0.2, 0.25) is 0 Å². The number of hydrogen-bond donors (Lipinski definition) is 1. The van der Waals surface area contributed by atoms with Crippen molar-refractivity contribution in [1.29, 1.82) is 0 Å². The number of benzene rings is 1. The molecule has 0 spiro atoms. The Morgan fingerprint density at radius 3 is 2.66 bits per heavy atom. The lowest BCUT2D eigenvalue weighted by atomic mass is 10.00. The molecule has 1 N–H and O–H groups in total. The van der Waals surface area contributed by atoms with Crippen molar-refractivity contribution in [3.05, 3.63) is 46.5 Å². The van der Waals surface area contributed by atoms with Gasteiger partial charge in [0.2, 0.25) is 0 Å². The fraction of sp³-hybridized carbons (Fsp3) is 0.400. The summed E-state index contributed by atoms with van der Waals surface area (Å²) in [5.41, 5.74) is 0.876. The summed E-state index contributed by atoms with van der Waals surface area (Å²) in [6.45, 7) is 3.91. The highest BCUT2D eigenvalue weighted by atomic mass is 16.5. The average molecular weight is 397 g/mol. The molecule has 1 aromatic carbocycles. The molecule has 152 valence electrons. The summed E-state index contributed by atoms with van der Waals surface area (Å²) < 4.78 is 17.8. The SMILES string of the molecule is CCOc1ccc(-n2nc(C3CCOCC3)nc2-c2cc(=O)[nH]c(OC)n2)cc1. The average Bonchev–Trinajstić information content (AvgIpc) is 3.20. The maximum Gasteiger partial charge on any atom is 0.296 e. The minimum atomic E-state index is -0.319. The van der Waals surface area contributed by atoms with Crippen LogP contribution in [0, 0.1) is 0 Å². The van der Waals surface area contributed by atoms with Gasteiger partial charge < -0.3 is 14.2 Å². The third kappa shape index (κ3) is 4.14. The number of nitrogens with one attached hydrogen (secondary N) is 1. The van der Waals surface area contributed by atoms with E-state index in [1.807, 2.05) is 31.2 Å². The molecule has 29 heavy (non-hydrogen) atoms. The van der Waals surface area contributed by atoms with Gasteiger partial charge in [0, 0.05) is 25.2 Å². The molecule has 1 aliphatic heterocycles. The van der Waals surface area contributed by atoms with Crippen molar-refractivity contribution in [2.75, 3.05) is 26.9 Å². The quantitative estimate of drug-likeness (QED) is 0.681. The number of H-pyrrole nitrogens is 1. The third-order valence-corrected chi connectivity index (χ3v) is 4.74. The van der Waals surface area contributed by atoms with E-state index in [2.05, 4.69) is 9.97 Å². The van der Waals surface area contributed by atoms with Gasteiger partial charge in [0.05, 0.1) is 19.4 Å². The van der Waals surface area contributed by atoms with E-state index in [4.69, 9.17) is 24.3 Å². The van der Waals surface area contributed by atoms with Crippen LogP contribution in [0.4, 0.5) is 0 Å². The van der Waals surface area contributed by atoms with Crippen molar-refractivity contribution in [2.45, 2.75) is 25.7 Å². The molecule has 1 saturated heterocycles. The van der Waals surface area contributed by atoms with Crippen LogP contribution in [0.1, 0.15) is 31.5 Å². The standard InChI is InChI=1S/C20H23N5O4/c1-3-29-15-6-4-14(5-7-15)25-19(16-12-17(26)22-20(21-16)27-2)23-18(24-25)13-8-10-28-11-9-13/h4-7,12-13H,3,8-11H2,1-2H3,(H,21,22,26). The summed E-state index contributed by atoms with van der Waals surface area (Å²) in [4.78, 5) is 23.7. The summed E-state index contributed by atoms with van der Waals surface area (Å²) in [5.74, 6) is 2.19. The van der Waals surface area contributed by atoms with Crippen LogP contribution in [0.15, 0.2) is 35.1 Å². The van der Waals surface area contributed by atoms with E-state index >= 15 is 0 Å². The molecule has 9 nitrogen and oxygen atoms in total. The summed E-state index contributed by atoms with van der Waals surface area (Å²) in [5, 5.41) is 4.76. The van der Waals surface area contributed by atoms with Crippen molar-refractivity contribution in [3.8, 4) is 29.0 Å². The molecule has 1 fully saturated rings. The van der Waals surface area contributed by atoms with Gasteiger partial charge in [-0.15, -0.1) is 0 Å². The normalized spacial score (nSPS) is 14.7. The molecule has 9 heteroatoms. The lowest BCUT2D eigenvalue weighted by Gasteiger charge is -2.18. The molecule has 0 saturated carbocycles. The smallest absolute Gasteiger partial charge is 0.296 e.